The molecule has 2 rings (SSSR count). The molecular formula is C12H18ClN3OS. The van der Waals surface area contributed by atoms with E-state index in [1.54, 1.807) is 17.1 Å². The van der Waals surface area contributed by atoms with Crippen LogP contribution in [0.5, 0.6) is 0 Å². The predicted octanol–water partition coefficient (Wildman–Crippen LogP) is 2.45. The summed E-state index contributed by atoms with van der Waals surface area (Å²) in [7, 11) is 1.89. The van der Waals surface area contributed by atoms with Gasteiger partial charge in [0, 0.05) is 19.3 Å². The molecule has 1 atom stereocenters. The van der Waals surface area contributed by atoms with Gasteiger partial charge in [-0.25, -0.2) is 0 Å². The molecule has 100 valence electrons. The zero-order valence-electron chi connectivity index (χ0n) is 10.7. The Bertz CT molecular complexity index is 417. The topological polar surface area (TPSA) is 38.1 Å². The second kappa shape index (κ2) is 5.97. The number of hydrogen-bond acceptors (Lipinski definition) is 3. The second-order valence-corrected chi connectivity index (χ2v) is 6.27. The molecule has 0 radical (unpaired) electrons. The highest BCUT2D eigenvalue weighted by Gasteiger charge is 2.26. The van der Waals surface area contributed by atoms with Crippen LogP contribution >= 0.6 is 23.4 Å². The maximum Gasteiger partial charge on any atom is 0.247 e. The summed E-state index contributed by atoms with van der Waals surface area (Å²) >= 11 is 7.79. The molecule has 1 aliphatic heterocycles. The van der Waals surface area contributed by atoms with Crippen molar-refractivity contribution in [3.8, 4) is 0 Å². The zero-order chi connectivity index (χ0) is 13.1. The summed E-state index contributed by atoms with van der Waals surface area (Å²) in [6.07, 6.45) is 5.41. The number of rotatable bonds is 3. The standard InChI is InChI=1S/C12H18ClN3OS/c1-9(16-8-10(13)7-14-16)12(17)15(2)11-3-5-18-6-4-11/h7-9,11H,3-6H2,1-2H3/t9-/m1/s1. The maximum absolute atomic E-state index is 12.4. The maximum atomic E-state index is 12.4. The molecule has 0 spiro atoms. The highest BCUT2D eigenvalue weighted by Crippen LogP contribution is 2.23. The fourth-order valence-corrected chi connectivity index (χ4v) is 3.41. The summed E-state index contributed by atoms with van der Waals surface area (Å²) in [6.45, 7) is 1.86. The van der Waals surface area contributed by atoms with E-state index in [0.717, 1.165) is 24.3 Å². The SMILES string of the molecule is C[C@H](C(=O)N(C)C1CCSCC1)n1cc(Cl)cn1. The van der Waals surface area contributed by atoms with Crippen molar-refractivity contribution in [3.05, 3.63) is 17.4 Å². The van der Waals surface area contributed by atoms with Crippen LogP contribution in [0.4, 0.5) is 0 Å². The molecule has 6 heteroatoms. The molecule has 0 unspecified atom stereocenters. The van der Waals surface area contributed by atoms with Crippen molar-refractivity contribution in [1.29, 1.82) is 0 Å². The molecule has 2 heterocycles. The number of carbonyl (C=O) groups is 1. The van der Waals surface area contributed by atoms with Gasteiger partial charge in [-0.3, -0.25) is 9.48 Å². The average Bonchev–Trinajstić information content (AvgIpc) is 2.84. The molecule has 0 aliphatic carbocycles. The largest absolute Gasteiger partial charge is 0.341 e. The molecular weight excluding hydrogens is 270 g/mol. The van der Waals surface area contributed by atoms with Crippen molar-refractivity contribution in [2.75, 3.05) is 18.6 Å². The molecule has 1 aromatic heterocycles. The third kappa shape index (κ3) is 3.01. The van der Waals surface area contributed by atoms with Gasteiger partial charge in [0.15, 0.2) is 0 Å². The second-order valence-electron chi connectivity index (χ2n) is 4.61. The number of amides is 1. The minimum atomic E-state index is -0.294. The highest BCUT2D eigenvalue weighted by molar-refractivity contribution is 7.99. The first-order valence-corrected chi connectivity index (χ1v) is 7.67. The van der Waals surface area contributed by atoms with Gasteiger partial charge in [-0.05, 0) is 31.3 Å². The van der Waals surface area contributed by atoms with Gasteiger partial charge < -0.3 is 4.90 Å². The first-order valence-electron chi connectivity index (χ1n) is 6.13. The van der Waals surface area contributed by atoms with Crippen molar-refractivity contribution in [3.63, 3.8) is 0 Å². The molecule has 0 aromatic carbocycles. The molecule has 4 nitrogen and oxygen atoms in total. The predicted molar refractivity (Wildman–Crippen MR) is 75.1 cm³/mol. The van der Waals surface area contributed by atoms with E-state index in [1.165, 1.54) is 0 Å². The Hall–Kier alpha value is -0.680. The lowest BCUT2D eigenvalue weighted by Crippen LogP contribution is -2.42. The normalized spacial score (nSPS) is 18.6. The monoisotopic (exact) mass is 287 g/mol. The lowest BCUT2D eigenvalue weighted by Gasteiger charge is -2.32. The molecule has 0 saturated carbocycles. The fraction of sp³-hybridized carbons (Fsp3) is 0.667. The molecule has 1 amide bonds. The van der Waals surface area contributed by atoms with Crippen LogP contribution in [0.15, 0.2) is 12.4 Å². The molecule has 1 aliphatic rings. The zero-order valence-corrected chi connectivity index (χ0v) is 12.2. The number of likely N-dealkylation sites (N-methyl/N-ethyl adjacent to an activating group) is 1. The Labute approximate surface area is 117 Å². The van der Waals surface area contributed by atoms with Gasteiger partial charge in [0.1, 0.15) is 6.04 Å². The van der Waals surface area contributed by atoms with E-state index in [-0.39, 0.29) is 11.9 Å². The molecule has 1 aromatic rings. The van der Waals surface area contributed by atoms with Crippen LogP contribution in [0.1, 0.15) is 25.8 Å². The number of halogens is 1. The number of carbonyl (C=O) groups excluding carboxylic acids is 1. The van der Waals surface area contributed by atoms with Crippen LogP contribution in [0.3, 0.4) is 0 Å². The molecule has 18 heavy (non-hydrogen) atoms. The van der Waals surface area contributed by atoms with Crippen molar-refractivity contribution in [1.82, 2.24) is 14.7 Å². The van der Waals surface area contributed by atoms with Crippen LogP contribution < -0.4 is 0 Å². The smallest absolute Gasteiger partial charge is 0.247 e. The van der Waals surface area contributed by atoms with Crippen molar-refractivity contribution >= 4 is 29.3 Å². The Kier molecular flexibility index (Phi) is 4.56. The fourth-order valence-electron chi connectivity index (χ4n) is 2.19. The van der Waals surface area contributed by atoms with Gasteiger partial charge in [-0.2, -0.15) is 16.9 Å². The minimum absolute atomic E-state index is 0.103. The van der Waals surface area contributed by atoms with Crippen LogP contribution in [-0.4, -0.2) is 45.2 Å². The van der Waals surface area contributed by atoms with Crippen molar-refractivity contribution in [2.45, 2.75) is 31.8 Å². The number of thioether (sulfide) groups is 1. The van der Waals surface area contributed by atoms with Crippen molar-refractivity contribution < 1.29 is 4.79 Å². The Morgan fingerprint density at radius 3 is 2.83 bits per heavy atom. The van der Waals surface area contributed by atoms with E-state index in [1.807, 2.05) is 30.6 Å². The van der Waals surface area contributed by atoms with E-state index < -0.39 is 0 Å². The first-order chi connectivity index (χ1) is 8.59. The Morgan fingerprint density at radius 2 is 2.28 bits per heavy atom. The van der Waals surface area contributed by atoms with Crippen LogP contribution in [0.2, 0.25) is 5.02 Å². The summed E-state index contributed by atoms with van der Waals surface area (Å²) < 4.78 is 1.62. The van der Waals surface area contributed by atoms with E-state index in [9.17, 15) is 4.79 Å². The summed E-state index contributed by atoms with van der Waals surface area (Å²) in [5.74, 6) is 2.39. The molecule has 1 saturated heterocycles. The number of aromatic nitrogens is 2. The van der Waals surface area contributed by atoms with Gasteiger partial charge in [0.05, 0.1) is 11.2 Å². The summed E-state index contributed by atoms with van der Waals surface area (Å²) in [6, 6.07) is 0.0734. The number of hydrogen-bond donors (Lipinski definition) is 0. The van der Waals surface area contributed by atoms with E-state index in [4.69, 9.17) is 11.6 Å². The highest BCUT2D eigenvalue weighted by atomic mass is 35.5. The first kappa shape index (κ1) is 13.7. The summed E-state index contributed by atoms with van der Waals surface area (Å²) in [4.78, 5) is 14.2. The molecule has 0 bridgehead atoms. The van der Waals surface area contributed by atoms with Gasteiger partial charge >= 0.3 is 0 Å². The quantitative estimate of drug-likeness (QED) is 0.857. The van der Waals surface area contributed by atoms with Crippen molar-refractivity contribution in [2.24, 2.45) is 0 Å². The van der Waals surface area contributed by atoms with E-state index in [2.05, 4.69) is 5.10 Å². The summed E-state index contributed by atoms with van der Waals surface area (Å²) in [5.41, 5.74) is 0. The van der Waals surface area contributed by atoms with Crippen LogP contribution in [0.25, 0.3) is 0 Å². The minimum Gasteiger partial charge on any atom is -0.341 e. The van der Waals surface area contributed by atoms with Gasteiger partial charge in [-0.15, -0.1) is 0 Å². The summed E-state index contributed by atoms with van der Waals surface area (Å²) in [5, 5.41) is 4.66. The van der Waals surface area contributed by atoms with Crippen LogP contribution in [0, 0.1) is 0 Å². The van der Waals surface area contributed by atoms with Gasteiger partial charge in [-0.1, -0.05) is 11.6 Å². The lowest BCUT2D eigenvalue weighted by molar-refractivity contribution is -0.135. The van der Waals surface area contributed by atoms with Crippen LogP contribution in [-0.2, 0) is 4.79 Å². The van der Waals surface area contributed by atoms with E-state index in [0.29, 0.717) is 11.1 Å². The lowest BCUT2D eigenvalue weighted by atomic mass is 10.1. The third-order valence-corrected chi connectivity index (χ3v) is 4.65. The Balaban J connectivity index is 2.01. The van der Waals surface area contributed by atoms with E-state index >= 15 is 0 Å². The third-order valence-electron chi connectivity index (χ3n) is 3.41. The Morgan fingerprint density at radius 1 is 1.61 bits per heavy atom. The molecule has 1 fully saturated rings. The molecule has 0 N–H and O–H groups in total. The number of nitrogens with zero attached hydrogens (tertiary/aromatic N) is 3. The average molecular weight is 288 g/mol. The van der Waals surface area contributed by atoms with Gasteiger partial charge in [0.25, 0.3) is 0 Å². The van der Waals surface area contributed by atoms with Gasteiger partial charge in [0.2, 0.25) is 5.91 Å².